The first-order valence-electron chi connectivity index (χ1n) is 7.28. The van der Waals surface area contributed by atoms with E-state index >= 15 is 0 Å². The first kappa shape index (κ1) is 14.1. The lowest BCUT2D eigenvalue weighted by atomic mass is 9.99. The molecule has 5 nitrogen and oxygen atoms in total. The number of nitrogens with two attached hydrogens (primary N) is 1. The van der Waals surface area contributed by atoms with Gasteiger partial charge in [0.05, 0.1) is 18.2 Å². The molecule has 2 atom stereocenters. The number of amides is 1. The zero-order valence-corrected chi connectivity index (χ0v) is 12.2. The van der Waals surface area contributed by atoms with Crippen LogP contribution in [0.5, 0.6) is 0 Å². The van der Waals surface area contributed by atoms with E-state index in [9.17, 15) is 4.79 Å². The third-order valence-corrected chi connectivity index (χ3v) is 4.10. The largest absolute Gasteiger partial charge is 0.379 e. The second-order valence-corrected chi connectivity index (χ2v) is 6.02. The SMILES string of the molecule is CC1(NC(=O)C(N)Cc2c[nH]c3ccccc23)CCOC1. The maximum atomic E-state index is 12.3. The van der Waals surface area contributed by atoms with Crippen molar-refractivity contribution in [2.45, 2.75) is 31.3 Å². The van der Waals surface area contributed by atoms with Gasteiger partial charge >= 0.3 is 0 Å². The molecule has 1 aliphatic rings. The number of para-hydroxylation sites is 1. The fraction of sp³-hybridized carbons (Fsp3) is 0.438. The molecule has 21 heavy (non-hydrogen) atoms. The minimum atomic E-state index is -0.554. The molecule has 4 N–H and O–H groups in total. The number of H-pyrrole nitrogens is 1. The molecular formula is C16H21N3O2. The summed E-state index contributed by atoms with van der Waals surface area (Å²) in [5.41, 5.74) is 7.92. The normalized spacial score (nSPS) is 23.3. The van der Waals surface area contributed by atoms with Crippen LogP contribution in [0.1, 0.15) is 18.9 Å². The summed E-state index contributed by atoms with van der Waals surface area (Å²) in [5, 5.41) is 4.14. The lowest BCUT2D eigenvalue weighted by molar-refractivity contribution is -0.124. The Labute approximate surface area is 123 Å². The van der Waals surface area contributed by atoms with E-state index in [2.05, 4.69) is 10.3 Å². The number of carbonyl (C=O) groups is 1. The molecule has 2 unspecified atom stereocenters. The molecule has 0 bridgehead atoms. The number of aromatic nitrogens is 1. The van der Waals surface area contributed by atoms with Crippen molar-refractivity contribution in [1.82, 2.24) is 10.3 Å². The number of benzene rings is 1. The Bertz CT molecular complexity index is 644. The summed E-state index contributed by atoms with van der Waals surface area (Å²) in [6, 6.07) is 7.47. The summed E-state index contributed by atoms with van der Waals surface area (Å²) in [6.45, 7) is 3.24. The van der Waals surface area contributed by atoms with Gasteiger partial charge in [0.2, 0.25) is 5.91 Å². The number of aromatic amines is 1. The molecule has 0 radical (unpaired) electrons. The van der Waals surface area contributed by atoms with Crippen molar-refractivity contribution in [3.05, 3.63) is 36.0 Å². The van der Waals surface area contributed by atoms with E-state index in [1.807, 2.05) is 37.4 Å². The van der Waals surface area contributed by atoms with Crippen LogP contribution < -0.4 is 11.1 Å². The molecule has 1 aromatic carbocycles. The molecule has 1 amide bonds. The van der Waals surface area contributed by atoms with E-state index in [4.69, 9.17) is 10.5 Å². The van der Waals surface area contributed by atoms with Crippen LogP contribution >= 0.6 is 0 Å². The molecule has 5 heteroatoms. The summed E-state index contributed by atoms with van der Waals surface area (Å²) in [7, 11) is 0. The molecule has 2 aromatic rings. The highest BCUT2D eigenvalue weighted by molar-refractivity contribution is 5.86. The van der Waals surface area contributed by atoms with Gasteiger partial charge in [0, 0.05) is 23.7 Å². The number of rotatable bonds is 4. The summed E-state index contributed by atoms with van der Waals surface area (Å²) < 4.78 is 5.34. The van der Waals surface area contributed by atoms with Gasteiger partial charge in [-0.05, 0) is 31.4 Å². The molecule has 0 spiro atoms. The highest BCUT2D eigenvalue weighted by Crippen LogP contribution is 2.20. The van der Waals surface area contributed by atoms with Gasteiger partial charge in [0.15, 0.2) is 0 Å². The fourth-order valence-electron chi connectivity index (χ4n) is 2.79. The van der Waals surface area contributed by atoms with Crippen LogP contribution in [0.25, 0.3) is 10.9 Å². The van der Waals surface area contributed by atoms with Gasteiger partial charge in [-0.15, -0.1) is 0 Å². The standard InChI is InChI=1S/C16H21N3O2/c1-16(6-7-21-10-16)19-15(20)13(17)8-11-9-18-14-5-3-2-4-12(11)14/h2-5,9,13,18H,6-8,10,17H2,1H3,(H,19,20). The van der Waals surface area contributed by atoms with Crippen LogP contribution in [0.4, 0.5) is 0 Å². The van der Waals surface area contributed by atoms with E-state index in [1.165, 1.54) is 0 Å². The number of hydrogen-bond acceptors (Lipinski definition) is 3. The lowest BCUT2D eigenvalue weighted by Crippen LogP contribution is -2.53. The van der Waals surface area contributed by atoms with Crippen LogP contribution in [-0.2, 0) is 16.0 Å². The molecule has 1 aromatic heterocycles. The molecule has 1 aliphatic heterocycles. The first-order chi connectivity index (χ1) is 10.1. The average Bonchev–Trinajstić information content (AvgIpc) is 3.06. The smallest absolute Gasteiger partial charge is 0.237 e. The van der Waals surface area contributed by atoms with E-state index in [0.717, 1.165) is 22.9 Å². The summed E-state index contributed by atoms with van der Waals surface area (Å²) in [4.78, 5) is 15.5. The molecular weight excluding hydrogens is 266 g/mol. The Morgan fingerprint density at radius 2 is 2.33 bits per heavy atom. The van der Waals surface area contributed by atoms with Crippen LogP contribution in [0, 0.1) is 0 Å². The number of nitrogens with one attached hydrogen (secondary N) is 2. The fourth-order valence-corrected chi connectivity index (χ4v) is 2.79. The summed E-state index contributed by atoms with van der Waals surface area (Å²) in [6.07, 6.45) is 3.28. The Hall–Kier alpha value is -1.85. The second-order valence-electron chi connectivity index (χ2n) is 6.02. The molecule has 3 rings (SSSR count). The van der Waals surface area contributed by atoms with E-state index in [1.54, 1.807) is 0 Å². The summed E-state index contributed by atoms with van der Waals surface area (Å²) >= 11 is 0. The second kappa shape index (κ2) is 5.50. The number of carbonyl (C=O) groups excluding carboxylic acids is 1. The van der Waals surface area contributed by atoms with Gasteiger partial charge < -0.3 is 20.8 Å². The van der Waals surface area contributed by atoms with Crippen LogP contribution in [0.15, 0.2) is 30.5 Å². The average molecular weight is 287 g/mol. The third kappa shape index (κ3) is 2.94. The topological polar surface area (TPSA) is 80.1 Å². The van der Waals surface area contributed by atoms with Crippen LogP contribution in [-0.4, -0.2) is 35.7 Å². The van der Waals surface area contributed by atoms with Crippen molar-refractivity contribution in [3.8, 4) is 0 Å². The van der Waals surface area contributed by atoms with Crippen molar-refractivity contribution in [2.24, 2.45) is 5.73 Å². The predicted octanol–water partition coefficient (Wildman–Crippen LogP) is 1.33. The van der Waals surface area contributed by atoms with Crippen LogP contribution in [0.3, 0.4) is 0 Å². The number of fused-ring (bicyclic) bond motifs is 1. The zero-order chi connectivity index (χ0) is 14.9. The predicted molar refractivity (Wildman–Crippen MR) is 82.0 cm³/mol. The molecule has 1 saturated heterocycles. The molecule has 112 valence electrons. The van der Waals surface area contributed by atoms with E-state index in [-0.39, 0.29) is 11.4 Å². The Kier molecular flexibility index (Phi) is 3.69. The quantitative estimate of drug-likeness (QED) is 0.793. The maximum Gasteiger partial charge on any atom is 0.237 e. The summed E-state index contributed by atoms with van der Waals surface area (Å²) in [5.74, 6) is -0.117. The van der Waals surface area contributed by atoms with Gasteiger partial charge in [-0.2, -0.15) is 0 Å². The van der Waals surface area contributed by atoms with Crippen molar-refractivity contribution < 1.29 is 9.53 Å². The lowest BCUT2D eigenvalue weighted by Gasteiger charge is -2.25. The van der Waals surface area contributed by atoms with Gasteiger partial charge in [-0.1, -0.05) is 18.2 Å². The molecule has 1 fully saturated rings. The van der Waals surface area contributed by atoms with E-state index in [0.29, 0.717) is 19.6 Å². The minimum Gasteiger partial charge on any atom is -0.379 e. The third-order valence-electron chi connectivity index (χ3n) is 4.10. The van der Waals surface area contributed by atoms with Crippen LogP contribution in [0.2, 0.25) is 0 Å². The van der Waals surface area contributed by atoms with Gasteiger partial charge in [0.25, 0.3) is 0 Å². The van der Waals surface area contributed by atoms with Gasteiger partial charge in [-0.25, -0.2) is 0 Å². The van der Waals surface area contributed by atoms with Gasteiger partial charge in [0.1, 0.15) is 0 Å². The van der Waals surface area contributed by atoms with Crippen molar-refractivity contribution in [1.29, 1.82) is 0 Å². The monoisotopic (exact) mass is 287 g/mol. The zero-order valence-electron chi connectivity index (χ0n) is 12.2. The molecule has 0 aliphatic carbocycles. The number of hydrogen-bond donors (Lipinski definition) is 3. The van der Waals surface area contributed by atoms with E-state index < -0.39 is 6.04 Å². The minimum absolute atomic E-state index is 0.117. The van der Waals surface area contributed by atoms with Crippen molar-refractivity contribution >= 4 is 16.8 Å². The maximum absolute atomic E-state index is 12.3. The van der Waals surface area contributed by atoms with Crippen molar-refractivity contribution in [2.75, 3.05) is 13.2 Å². The first-order valence-corrected chi connectivity index (χ1v) is 7.28. The Balaban J connectivity index is 1.68. The highest BCUT2D eigenvalue weighted by atomic mass is 16.5. The highest BCUT2D eigenvalue weighted by Gasteiger charge is 2.32. The van der Waals surface area contributed by atoms with Crippen molar-refractivity contribution in [3.63, 3.8) is 0 Å². The Morgan fingerprint density at radius 3 is 3.10 bits per heavy atom. The molecule has 2 heterocycles. The van der Waals surface area contributed by atoms with Gasteiger partial charge in [-0.3, -0.25) is 4.79 Å². The molecule has 0 saturated carbocycles. The Morgan fingerprint density at radius 1 is 1.52 bits per heavy atom. The number of ether oxygens (including phenoxy) is 1.